The Morgan fingerprint density at radius 3 is 2.61 bits per heavy atom. The molecular formula is C13H12FN3O. The first-order chi connectivity index (χ1) is 8.56. The van der Waals surface area contributed by atoms with Gasteiger partial charge in [0, 0.05) is 11.4 Å². The lowest BCUT2D eigenvalue weighted by molar-refractivity contribution is 0.100. The topological polar surface area (TPSA) is 81.1 Å². The van der Waals surface area contributed by atoms with Gasteiger partial charge in [-0.15, -0.1) is 0 Å². The highest BCUT2D eigenvalue weighted by Gasteiger charge is 2.09. The lowest BCUT2D eigenvalue weighted by Crippen LogP contribution is -2.13. The van der Waals surface area contributed by atoms with Crippen molar-refractivity contribution in [3.63, 3.8) is 0 Å². The van der Waals surface area contributed by atoms with Crippen LogP contribution in [0.3, 0.4) is 0 Å². The number of carbonyl (C=O) groups is 1. The summed E-state index contributed by atoms with van der Waals surface area (Å²) in [7, 11) is 0. The average molecular weight is 245 g/mol. The van der Waals surface area contributed by atoms with Gasteiger partial charge in [0.1, 0.15) is 5.82 Å². The summed E-state index contributed by atoms with van der Waals surface area (Å²) in [5.74, 6) is -0.961. The van der Waals surface area contributed by atoms with E-state index in [0.717, 1.165) is 0 Å². The molecule has 0 radical (unpaired) electrons. The summed E-state index contributed by atoms with van der Waals surface area (Å²) >= 11 is 0. The fourth-order valence-corrected chi connectivity index (χ4v) is 1.60. The normalized spacial score (nSPS) is 10.1. The molecule has 0 fully saturated rings. The van der Waals surface area contributed by atoms with Crippen molar-refractivity contribution in [2.75, 3.05) is 11.1 Å². The molecule has 1 amide bonds. The van der Waals surface area contributed by atoms with Crippen molar-refractivity contribution in [2.24, 2.45) is 5.73 Å². The number of halogens is 1. The van der Waals surface area contributed by atoms with E-state index in [1.54, 1.807) is 24.3 Å². The predicted molar refractivity (Wildman–Crippen MR) is 69.1 cm³/mol. The molecule has 0 saturated carbocycles. The number of benzene rings is 2. The highest BCUT2D eigenvalue weighted by atomic mass is 19.1. The second-order valence-electron chi connectivity index (χ2n) is 3.80. The van der Waals surface area contributed by atoms with Crippen LogP contribution in [0.15, 0.2) is 42.5 Å². The average Bonchev–Trinajstić information content (AvgIpc) is 2.31. The number of anilines is 3. The minimum absolute atomic E-state index is 0.263. The van der Waals surface area contributed by atoms with E-state index in [0.29, 0.717) is 17.1 Å². The second-order valence-corrected chi connectivity index (χ2v) is 3.80. The Balaban J connectivity index is 2.37. The van der Waals surface area contributed by atoms with Gasteiger partial charge in [0.15, 0.2) is 0 Å². The minimum atomic E-state index is -0.596. The molecule has 0 heterocycles. The SMILES string of the molecule is NC(=O)c1cc(N)ccc1Nc1cccc(F)c1. The molecule has 0 unspecified atom stereocenters. The molecule has 0 saturated heterocycles. The molecule has 0 spiro atoms. The molecule has 2 aromatic carbocycles. The molecule has 0 aliphatic rings. The number of nitrogens with two attached hydrogens (primary N) is 2. The maximum Gasteiger partial charge on any atom is 0.250 e. The van der Waals surface area contributed by atoms with Gasteiger partial charge in [0.2, 0.25) is 0 Å². The Labute approximate surface area is 103 Å². The molecule has 18 heavy (non-hydrogen) atoms. The summed E-state index contributed by atoms with van der Waals surface area (Å²) < 4.78 is 13.0. The van der Waals surface area contributed by atoms with Gasteiger partial charge in [0.25, 0.3) is 5.91 Å². The zero-order chi connectivity index (χ0) is 13.1. The first kappa shape index (κ1) is 11.9. The van der Waals surface area contributed by atoms with Crippen LogP contribution in [-0.2, 0) is 0 Å². The Morgan fingerprint density at radius 2 is 1.94 bits per heavy atom. The van der Waals surface area contributed by atoms with Crippen LogP contribution >= 0.6 is 0 Å². The van der Waals surface area contributed by atoms with Gasteiger partial charge >= 0.3 is 0 Å². The van der Waals surface area contributed by atoms with Crippen molar-refractivity contribution in [2.45, 2.75) is 0 Å². The van der Waals surface area contributed by atoms with Gasteiger partial charge in [0.05, 0.1) is 11.3 Å². The third kappa shape index (κ3) is 2.57. The molecule has 4 nitrogen and oxygen atoms in total. The second kappa shape index (κ2) is 4.75. The van der Waals surface area contributed by atoms with Gasteiger partial charge in [-0.3, -0.25) is 4.79 Å². The minimum Gasteiger partial charge on any atom is -0.399 e. The van der Waals surface area contributed by atoms with Crippen molar-refractivity contribution >= 4 is 23.0 Å². The van der Waals surface area contributed by atoms with E-state index in [1.165, 1.54) is 18.2 Å². The Kier molecular flexibility index (Phi) is 3.14. The van der Waals surface area contributed by atoms with E-state index in [2.05, 4.69) is 5.32 Å². The van der Waals surface area contributed by atoms with Crippen LogP contribution in [0.25, 0.3) is 0 Å². The third-order valence-electron chi connectivity index (χ3n) is 2.41. The van der Waals surface area contributed by atoms with Gasteiger partial charge in [-0.1, -0.05) is 6.07 Å². The van der Waals surface area contributed by atoms with Crippen LogP contribution in [0.4, 0.5) is 21.5 Å². The number of rotatable bonds is 3. The lowest BCUT2D eigenvalue weighted by atomic mass is 10.1. The summed E-state index contributed by atoms with van der Waals surface area (Å²) in [5, 5.41) is 2.93. The number of hydrogen-bond acceptors (Lipinski definition) is 3. The number of hydrogen-bond donors (Lipinski definition) is 3. The van der Waals surface area contributed by atoms with E-state index in [4.69, 9.17) is 11.5 Å². The van der Waals surface area contributed by atoms with Crippen molar-refractivity contribution in [3.8, 4) is 0 Å². The van der Waals surface area contributed by atoms with Crippen LogP contribution in [-0.4, -0.2) is 5.91 Å². The number of nitrogens with one attached hydrogen (secondary N) is 1. The summed E-state index contributed by atoms with van der Waals surface area (Å²) in [4.78, 5) is 11.3. The van der Waals surface area contributed by atoms with Gasteiger partial charge in [-0.2, -0.15) is 0 Å². The third-order valence-corrected chi connectivity index (χ3v) is 2.41. The number of amides is 1. The summed E-state index contributed by atoms with van der Waals surface area (Å²) in [6.45, 7) is 0. The van der Waals surface area contributed by atoms with Crippen molar-refractivity contribution in [1.82, 2.24) is 0 Å². The molecule has 2 rings (SSSR count). The van der Waals surface area contributed by atoms with Crippen molar-refractivity contribution in [1.29, 1.82) is 0 Å². The van der Waals surface area contributed by atoms with Crippen molar-refractivity contribution < 1.29 is 9.18 Å². The first-order valence-electron chi connectivity index (χ1n) is 5.28. The van der Waals surface area contributed by atoms with Gasteiger partial charge in [-0.25, -0.2) is 4.39 Å². The highest BCUT2D eigenvalue weighted by molar-refractivity contribution is 6.00. The standard InChI is InChI=1S/C13H12FN3O/c14-8-2-1-3-10(6-8)17-12-5-4-9(15)7-11(12)13(16)18/h1-7,17H,15H2,(H2,16,18). The number of carbonyl (C=O) groups excluding carboxylic acids is 1. The van der Waals surface area contributed by atoms with Crippen LogP contribution < -0.4 is 16.8 Å². The fraction of sp³-hybridized carbons (Fsp3) is 0. The molecule has 5 heteroatoms. The summed E-state index contributed by atoms with van der Waals surface area (Å²) in [5.41, 5.74) is 12.6. The maximum atomic E-state index is 13.0. The maximum absolute atomic E-state index is 13.0. The van der Waals surface area contributed by atoms with Gasteiger partial charge in [-0.05, 0) is 36.4 Å². The largest absolute Gasteiger partial charge is 0.399 e. The Hall–Kier alpha value is -2.56. The highest BCUT2D eigenvalue weighted by Crippen LogP contribution is 2.23. The van der Waals surface area contributed by atoms with Crippen LogP contribution in [0, 0.1) is 5.82 Å². The fourth-order valence-electron chi connectivity index (χ4n) is 1.60. The van der Waals surface area contributed by atoms with E-state index in [-0.39, 0.29) is 11.4 Å². The molecule has 92 valence electrons. The number of primary amides is 1. The first-order valence-corrected chi connectivity index (χ1v) is 5.28. The monoisotopic (exact) mass is 245 g/mol. The van der Waals surface area contributed by atoms with Crippen LogP contribution in [0.1, 0.15) is 10.4 Å². The van der Waals surface area contributed by atoms with E-state index in [1.807, 2.05) is 0 Å². The molecule has 2 aromatic rings. The molecule has 5 N–H and O–H groups in total. The van der Waals surface area contributed by atoms with Crippen LogP contribution in [0.2, 0.25) is 0 Å². The lowest BCUT2D eigenvalue weighted by Gasteiger charge is -2.10. The molecule has 0 aliphatic heterocycles. The smallest absolute Gasteiger partial charge is 0.250 e. The zero-order valence-electron chi connectivity index (χ0n) is 9.48. The molecule has 0 bridgehead atoms. The van der Waals surface area contributed by atoms with Crippen LogP contribution in [0.5, 0.6) is 0 Å². The van der Waals surface area contributed by atoms with E-state index in [9.17, 15) is 9.18 Å². The summed E-state index contributed by atoms with van der Waals surface area (Å²) in [6, 6.07) is 10.6. The quantitative estimate of drug-likeness (QED) is 0.725. The molecule has 0 aromatic heterocycles. The predicted octanol–water partition coefficient (Wildman–Crippen LogP) is 2.25. The molecule has 0 aliphatic carbocycles. The van der Waals surface area contributed by atoms with Crippen molar-refractivity contribution in [3.05, 3.63) is 53.8 Å². The Morgan fingerprint density at radius 1 is 1.17 bits per heavy atom. The van der Waals surface area contributed by atoms with E-state index >= 15 is 0 Å². The van der Waals surface area contributed by atoms with E-state index < -0.39 is 5.91 Å². The zero-order valence-corrected chi connectivity index (χ0v) is 9.48. The summed E-state index contributed by atoms with van der Waals surface area (Å²) in [6.07, 6.45) is 0. The molecule has 0 atom stereocenters. The number of nitrogen functional groups attached to an aromatic ring is 1. The molecular weight excluding hydrogens is 233 g/mol. The Bertz CT molecular complexity index is 599. The van der Waals surface area contributed by atoms with Gasteiger partial charge < -0.3 is 16.8 Å².